The van der Waals surface area contributed by atoms with Crippen LogP contribution in [0.1, 0.15) is 44.2 Å². The molecule has 82 valence electrons. The Bertz CT molecular complexity index is 354. The van der Waals surface area contributed by atoms with Gasteiger partial charge in [0.1, 0.15) is 5.75 Å². The minimum atomic E-state index is 0.408. The van der Waals surface area contributed by atoms with Crippen molar-refractivity contribution < 1.29 is 5.11 Å². The van der Waals surface area contributed by atoms with Crippen molar-refractivity contribution in [3.05, 3.63) is 29.3 Å². The van der Waals surface area contributed by atoms with E-state index in [9.17, 15) is 5.11 Å². The first-order valence-corrected chi connectivity index (χ1v) is 5.89. The number of hydrogen-bond donors (Lipinski definition) is 1. The Labute approximate surface area is 92.1 Å². The van der Waals surface area contributed by atoms with E-state index in [4.69, 9.17) is 0 Å². The molecule has 0 saturated heterocycles. The van der Waals surface area contributed by atoms with E-state index in [1.54, 1.807) is 0 Å². The van der Waals surface area contributed by atoms with Crippen LogP contribution >= 0.6 is 0 Å². The summed E-state index contributed by atoms with van der Waals surface area (Å²) in [4.78, 5) is 0. The van der Waals surface area contributed by atoms with E-state index >= 15 is 0 Å². The molecule has 0 aliphatic heterocycles. The molecule has 0 heterocycles. The minimum Gasteiger partial charge on any atom is -0.508 e. The molecule has 0 aromatic heterocycles. The summed E-state index contributed by atoms with van der Waals surface area (Å²) in [5, 5.41) is 9.50. The molecule has 0 bridgehead atoms. The van der Waals surface area contributed by atoms with Crippen molar-refractivity contribution in [2.24, 2.45) is 11.8 Å². The Hall–Kier alpha value is -0.980. The third kappa shape index (κ3) is 2.01. The zero-order valence-electron chi connectivity index (χ0n) is 9.83. The maximum Gasteiger partial charge on any atom is 0.115 e. The summed E-state index contributed by atoms with van der Waals surface area (Å²) in [7, 11) is 0. The maximum absolute atomic E-state index is 9.50. The first-order valence-electron chi connectivity index (χ1n) is 5.89. The van der Waals surface area contributed by atoms with Gasteiger partial charge in [0.15, 0.2) is 0 Å². The monoisotopic (exact) mass is 204 g/mol. The summed E-state index contributed by atoms with van der Waals surface area (Å²) in [6.07, 6.45) is 2.42. The molecule has 15 heavy (non-hydrogen) atoms. The maximum atomic E-state index is 9.50. The van der Waals surface area contributed by atoms with E-state index < -0.39 is 0 Å². The molecule has 1 aromatic rings. The lowest BCUT2D eigenvalue weighted by Crippen LogP contribution is -2.21. The highest BCUT2D eigenvalue weighted by Gasteiger charge is 2.25. The van der Waals surface area contributed by atoms with Crippen molar-refractivity contribution in [3.63, 3.8) is 0 Å². The van der Waals surface area contributed by atoms with Crippen LogP contribution in [0, 0.1) is 11.8 Å². The van der Waals surface area contributed by atoms with Crippen molar-refractivity contribution in [3.8, 4) is 5.75 Å². The number of fused-ring (bicyclic) bond motifs is 1. The average Bonchev–Trinajstić information content (AvgIpc) is 2.16. The number of benzene rings is 1. The second-order valence-corrected chi connectivity index (χ2v) is 5.23. The van der Waals surface area contributed by atoms with Gasteiger partial charge in [-0.1, -0.05) is 26.8 Å². The van der Waals surface area contributed by atoms with Crippen molar-refractivity contribution in [1.82, 2.24) is 0 Å². The SMILES string of the molecule is CC1CC(C(C)C)Cc2cc(O)ccc21. The zero-order valence-corrected chi connectivity index (χ0v) is 9.83. The van der Waals surface area contributed by atoms with E-state index in [1.807, 2.05) is 12.1 Å². The summed E-state index contributed by atoms with van der Waals surface area (Å²) >= 11 is 0. The van der Waals surface area contributed by atoms with Gasteiger partial charge in [0.25, 0.3) is 0 Å². The zero-order chi connectivity index (χ0) is 11.0. The van der Waals surface area contributed by atoms with Crippen LogP contribution in [0.3, 0.4) is 0 Å². The molecule has 2 atom stereocenters. The molecule has 1 heteroatoms. The molecule has 0 spiro atoms. The fourth-order valence-corrected chi connectivity index (χ4v) is 2.70. The van der Waals surface area contributed by atoms with Crippen LogP contribution in [0.5, 0.6) is 5.75 Å². The van der Waals surface area contributed by atoms with E-state index in [-0.39, 0.29) is 0 Å². The number of aromatic hydroxyl groups is 1. The molecule has 0 fully saturated rings. The lowest BCUT2D eigenvalue weighted by atomic mass is 9.73. The highest BCUT2D eigenvalue weighted by molar-refractivity contribution is 5.38. The van der Waals surface area contributed by atoms with Crippen molar-refractivity contribution >= 4 is 0 Å². The lowest BCUT2D eigenvalue weighted by molar-refractivity contribution is 0.318. The lowest BCUT2D eigenvalue weighted by Gasteiger charge is -2.32. The smallest absolute Gasteiger partial charge is 0.115 e. The molecule has 1 N–H and O–H groups in total. The Morgan fingerprint density at radius 1 is 1.33 bits per heavy atom. The first-order chi connectivity index (χ1) is 7.08. The minimum absolute atomic E-state index is 0.408. The second kappa shape index (κ2) is 3.88. The van der Waals surface area contributed by atoms with Gasteiger partial charge in [0.2, 0.25) is 0 Å². The fourth-order valence-electron chi connectivity index (χ4n) is 2.70. The van der Waals surface area contributed by atoms with Crippen LogP contribution in [-0.2, 0) is 6.42 Å². The van der Waals surface area contributed by atoms with Crippen molar-refractivity contribution in [2.45, 2.75) is 39.5 Å². The highest BCUT2D eigenvalue weighted by Crippen LogP contribution is 2.38. The van der Waals surface area contributed by atoms with Gasteiger partial charge in [-0.15, -0.1) is 0 Å². The third-order valence-electron chi connectivity index (χ3n) is 3.74. The van der Waals surface area contributed by atoms with Crippen LogP contribution in [0.25, 0.3) is 0 Å². The molecule has 0 saturated carbocycles. The molecule has 0 amide bonds. The molecule has 1 nitrogen and oxygen atoms in total. The van der Waals surface area contributed by atoms with Gasteiger partial charge < -0.3 is 5.11 Å². The van der Waals surface area contributed by atoms with Gasteiger partial charge in [0, 0.05) is 0 Å². The highest BCUT2D eigenvalue weighted by atomic mass is 16.3. The Kier molecular flexibility index (Phi) is 2.72. The van der Waals surface area contributed by atoms with E-state index in [1.165, 1.54) is 17.5 Å². The third-order valence-corrected chi connectivity index (χ3v) is 3.74. The molecule has 1 aromatic carbocycles. The number of hydrogen-bond acceptors (Lipinski definition) is 1. The number of rotatable bonds is 1. The van der Waals surface area contributed by atoms with Crippen LogP contribution in [-0.4, -0.2) is 5.11 Å². The predicted octanol–water partition coefficient (Wildman–Crippen LogP) is 3.71. The van der Waals surface area contributed by atoms with Gasteiger partial charge in [-0.2, -0.15) is 0 Å². The Balaban J connectivity index is 2.33. The summed E-state index contributed by atoms with van der Waals surface area (Å²) in [6.45, 7) is 6.89. The van der Waals surface area contributed by atoms with E-state index in [2.05, 4.69) is 26.8 Å². The van der Waals surface area contributed by atoms with Crippen molar-refractivity contribution in [1.29, 1.82) is 0 Å². The van der Waals surface area contributed by atoms with Crippen LogP contribution in [0.15, 0.2) is 18.2 Å². The normalized spacial score (nSPS) is 25.3. The Morgan fingerprint density at radius 3 is 2.73 bits per heavy atom. The summed E-state index contributed by atoms with van der Waals surface area (Å²) in [5.74, 6) is 2.56. The molecule has 2 rings (SSSR count). The molecule has 0 radical (unpaired) electrons. The Morgan fingerprint density at radius 2 is 2.07 bits per heavy atom. The van der Waals surface area contributed by atoms with Gasteiger partial charge in [-0.05, 0) is 53.9 Å². The molecule has 1 aliphatic rings. The predicted molar refractivity (Wildman–Crippen MR) is 63.2 cm³/mol. The van der Waals surface area contributed by atoms with Gasteiger partial charge in [-0.3, -0.25) is 0 Å². The number of phenolic OH excluding ortho intramolecular Hbond substituents is 1. The molecular weight excluding hydrogens is 184 g/mol. The second-order valence-electron chi connectivity index (χ2n) is 5.23. The molecule has 1 aliphatic carbocycles. The van der Waals surface area contributed by atoms with Gasteiger partial charge in [-0.25, -0.2) is 0 Å². The summed E-state index contributed by atoms with van der Waals surface area (Å²) < 4.78 is 0. The van der Waals surface area contributed by atoms with Gasteiger partial charge >= 0.3 is 0 Å². The topological polar surface area (TPSA) is 20.2 Å². The fraction of sp³-hybridized carbons (Fsp3) is 0.571. The largest absolute Gasteiger partial charge is 0.508 e. The number of phenols is 1. The summed E-state index contributed by atoms with van der Waals surface area (Å²) in [5.41, 5.74) is 2.79. The van der Waals surface area contributed by atoms with Crippen LogP contribution in [0.2, 0.25) is 0 Å². The van der Waals surface area contributed by atoms with Gasteiger partial charge in [0.05, 0.1) is 0 Å². The van der Waals surface area contributed by atoms with Crippen molar-refractivity contribution in [2.75, 3.05) is 0 Å². The van der Waals surface area contributed by atoms with E-state index in [0.717, 1.165) is 18.3 Å². The van der Waals surface area contributed by atoms with Crippen LogP contribution < -0.4 is 0 Å². The first kappa shape index (κ1) is 10.5. The average molecular weight is 204 g/mol. The quantitative estimate of drug-likeness (QED) is 0.739. The van der Waals surface area contributed by atoms with Crippen LogP contribution in [0.4, 0.5) is 0 Å². The molecular formula is C14H20O. The standard InChI is InChI=1S/C14H20O/c1-9(2)11-6-10(3)14-5-4-13(15)8-12(14)7-11/h4-5,8-11,15H,6-7H2,1-3H3. The van der Waals surface area contributed by atoms with E-state index in [0.29, 0.717) is 11.7 Å². The summed E-state index contributed by atoms with van der Waals surface area (Å²) in [6, 6.07) is 5.84. The molecule has 2 unspecified atom stereocenters.